The monoisotopic (exact) mass is 212 g/mol. The average Bonchev–Trinajstić information content (AvgIpc) is 2.24. The van der Waals surface area contributed by atoms with E-state index < -0.39 is 0 Å². The average molecular weight is 212 g/mol. The van der Waals surface area contributed by atoms with Crippen LogP contribution in [0.25, 0.3) is 0 Å². The Kier molecular flexibility index (Phi) is 3.26. The molecule has 86 valence electrons. The van der Waals surface area contributed by atoms with E-state index >= 15 is 0 Å². The largest absolute Gasteiger partial charge is 0.376 e. The maximum Gasteiger partial charge on any atom is 0.228 e. The molecule has 15 heavy (non-hydrogen) atoms. The van der Waals surface area contributed by atoms with Gasteiger partial charge in [0.1, 0.15) is 0 Å². The van der Waals surface area contributed by atoms with Crippen LogP contribution in [0.4, 0.5) is 0 Å². The van der Waals surface area contributed by atoms with Crippen LogP contribution >= 0.6 is 0 Å². The molecule has 2 heterocycles. The third kappa shape index (κ3) is 2.49. The summed E-state index contributed by atoms with van der Waals surface area (Å²) < 4.78 is 5.56. The minimum absolute atomic E-state index is 0.162. The van der Waals surface area contributed by atoms with Crippen molar-refractivity contribution in [3.05, 3.63) is 0 Å². The lowest BCUT2D eigenvalue weighted by Gasteiger charge is -2.38. The molecule has 2 N–H and O–H groups in total. The zero-order chi connectivity index (χ0) is 10.7. The summed E-state index contributed by atoms with van der Waals surface area (Å²) in [5, 5.41) is 6.12. The maximum absolute atomic E-state index is 11.8. The van der Waals surface area contributed by atoms with Crippen molar-refractivity contribution in [2.24, 2.45) is 5.41 Å². The second-order valence-corrected chi connectivity index (χ2v) is 4.86. The van der Waals surface area contributed by atoms with Crippen molar-refractivity contribution in [3.8, 4) is 0 Å². The van der Waals surface area contributed by atoms with E-state index in [4.69, 9.17) is 4.74 Å². The number of nitrogens with one attached hydrogen (secondary N) is 2. The first-order chi connectivity index (χ1) is 7.21. The van der Waals surface area contributed by atoms with Crippen LogP contribution < -0.4 is 10.6 Å². The summed E-state index contributed by atoms with van der Waals surface area (Å²) in [6.07, 6.45) is 3.69. The highest BCUT2D eigenvalue weighted by Crippen LogP contribution is 2.21. The van der Waals surface area contributed by atoms with Gasteiger partial charge in [-0.05, 0) is 26.2 Å². The summed E-state index contributed by atoms with van der Waals surface area (Å²) in [5.41, 5.74) is -0.186. The topological polar surface area (TPSA) is 50.4 Å². The molecule has 1 amide bonds. The number of hydrogen-bond donors (Lipinski definition) is 2. The molecule has 0 saturated carbocycles. The first-order valence-electron chi connectivity index (χ1n) is 5.81. The lowest BCUT2D eigenvalue weighted by molar-refractivity contribution is -0.133. The minimum Gasteiger partial charge on any atom is -0.376 e. The molecule has 1 atom stereocenters. The summed E-state index contributed by atoms with van der Waals surface area (Å²) in [5.74, 6) is 0.162. The SMILES string of the molecule is CC1(C(=O)NCC2CCCCO2)CNC1. The van der Waals surface area contributed by atoms with E-state index in [2.05, 4.69) is 10.6 Å². The van der Waals surface area contributed by atoms with E-state index in [1.165, 1.54) is 6.42 Å². The molecule has 0 aromatic rings. The van der Waals surface area contributed by atoms with Gasteiger partial charge in [-0.25, -0.2) is 0 Å². The van der Waals surface area contributed by atoms with Crippen LogP contribution in [0.3, 0.4) is 0 Å². The normalized spacial score (nSPS) is 29.3. The van der Waals surface area contributed by atoms with E-state index in [1.807, 2.05) is 6.92 Å². The van der Waals surface area contributed by atoms with Crippen molar-refractivity contribution in [2.75, 3.05) is 26.2 Å². The number of rotatable bonds is 3. The van der Waals surface area contributed by atoms with Gasteiger partial charge in [0.25, 0.3) is 0 Å². The summed E-state index contributed by atoms with van der Waals surface area (Å²) in [6.45, 7) is 5.11. The highest BCUT2D eigenvalue weighted by atomic mass is 16.5. The van der Waals surface area contributed by atoms with Gasteiger partial charge in [-0.1, -0.05) is 0 Å². The van der Waals surface area contributed by atoms with Gasteiger partial charge in [0.05, 0.1) is 11.5 Å². The summed E-state index contributed by atoms with van der Waals surface area (Å²) >= 11 is 0. The Morgan fingerprint density at radius 2 is 2.33 bits per heavy atom. The van der Waals surface area contributed by atoms with Crippen molar-refractivity contribution < 1.29 is 9.53 Å². The molecule has 0 radical (unpaired) electrons. The third-order valence-electron chi connectivity index (χ3n) is 3.34. The van der Waals surface area contributed by atoms with Crippen molar-refractivity contribution in [1.29, 1.82) is 0 Å². The van der Waals surface area contributed by atoms with Crippen molar-refractivity contribution in [3.63, 3.8) is 0 Å². The summed E-state index contributed by atoms with van der Waals surface area (Å²) in [4.78, 5) is 11.8. The van der Waals surface area contributed by atoms with E-state index in [1.54, 1.807) is 0 Å². The Hall–Kier alpha value is -0.610. The predicted molar refractivity (Wildman–Crippen MR) is 57.6 cm³/mol. The zero-order valence-electron chi connectivity index (χ0n) is 9.34. The molecule has 0 spiro atoms. The number of amides is 1. The Morgan fingerprint density at radius 1 is 1.53 bits per heavy atom. The molecule has 2 fully saturated rings. The van der Waals surface area contributed by atoms with Gasteiger partial charge in [0, 0.05) is 26.2 Å². The molecule has 0 aliphatic carbocycles. The van der Waals surface area contributed by atoms with Crippen LogP contribution in [0.2, 0.25) is 0 Å². The Balaban J connectivity index is 1.70. The smallest absolute Gasteiger partial charge is 0.228 e. The van der Waals surface area contributed by atoms with E-state index in [-0.39, 0.29) is 17.4 Å². The number of carbonyl (C=O) groups excluding carboxylic acids is 1. The third-order valence-corrected chi connectivity index (χ3v) is 3.34. The highest BCUT2D eigenvalue weighted by molar-refractivity contribution is 5.83. The summed E-state index contributed by atoms with van der Waals surface area (Å²) in [6, 6.07) is 0. The molecule has 1 unspecified atom stereocenters. The van der Waals surface area contributed by atoms with Crippen LogP contribution in [0.1, 0.15) is 26.2 Å². The van der Waals surface area contributed by atoms with E-state index in [0.717, 1.165) is 32.5 Å². The molecule has 4 heteroatoms. The quantitative estimate of drug-likeness (QED) is 0.706. The van der Waals surface area contributed by atoms with Gasteiger partial charge in [-0.15, -0.1) is 0 Å². The van der Waals surface area contributed by atoms with Crippen LogP contribution in [0.15, 0.2) is 0 Å². The first kappa shape index (κ1) is 10.9. The van der Waals surface area contributed by atoms with Crippen molar-refractivity contribution >= 4 is 5.91 Å². The fraction of sp³-hybridized carbons (Fsp3) is 0.909. The molecule has 2 saturated heterocycles. The van der Waals surface area contributed by atoms with Gasteiger partial charge in [0.2, 0.25) is 5.91 Å². The van der Waals surface area contributed by atoms with Crippen LogP contribution in [-0.4, -0.2) is 38.3 Å². The van der Waals surface area contributed by atoms with Crippen molar-refractivity contribution in [2.45, 2.75) is 32.3 Å². The fourth-order valence-electron chi connectivity index (χ4n) is 2.05. The second kappa shape index (κ2) is 4.49. The standard InChI is InChI=1S/C11H20N2O2/c1-11(7-12-8-11)10(14)13-6-9-4-2-3-5-15-9/h9,12H,2-8H2,1H3,(H,13,14). The van der Waals surface area contributed by atoms with Crippen LogP contribution in [0.5, 0.6) is 0 Å². The molecule has 4 nitrogen and oxygen atoms in total. The Morgan fingerprint density at radius 3 is 2.87 bits per heavy atom. The second-order valence-electron chi connectivity index (χ2n) is 4.86. The molecule has 0 aromatic carbocycles. The fourth-order valence-corrected chi connectivity index (χ4v) is 2.05. The van der Waals surface area contributed by atoms with Gasteiger partial charge in [0.15, 0.2) is 0 Å². The number of ether oxygens (including phenoxy) is 1. The van der Waals surface area contributed by atoms with Crippen LogP contribution in [-0.2, 0) is 9.53 Å². The van der Waals surface area contributed by atoms with Gasteiger partial charge in [-0.2, -0.15) is 0 Å². The minimum atomic E-state index is -0.186. The van der Waals surface area contributed by atoms with Gasteiger partial charge in [-0.3, -0.25) is 4.79 Å². The van der Waals surface area contributed by atoms with Crippen molar-refractivity contribution in [1.82, 2.24) is 10.6 Å². The Labute approximate surface area is 90.8 Å². The van der Waals surface area contributed by atoms with E-state index in [0.29, 0.717) is 6.54 Å². The Bertz CT molecular complexity index is 233. The molecular weight excluding hydrogens is 192 g/mol. The maximum atomic E-state index is 11.8. The predicted octanol–water partition coefficient (Wildman–Crippen LogP) is 0.281. The molecule has 2 aliphatic rings. The number of hydrogen-bond acceptors (Lipinski definition) is 3. The number of carbonyl (C=O) groups is 1. The van der Waals surface area contributed by atoms with E-state index in [9.17, 15) is 4.79 Å². The zero-order valence-corrected chi connectivity index (χ0v) is 9.34. The highest BCUT2D eigenvalue weighted by Gasteiger charge is 2.39. The lowest BCUT2D eigenvalue weighted by atomic mass is 9.83. The van der Waals surface area contributed by atoms with Crippen LogP contribution in [0, 0.1) is 5.41 Å². The molecular formula is C11H20N2O2. The van der Waals surface area contributed by atoms with Gasteiger partial charge >= 0.3 is 0 Å². The lowest BCUT2D eigenvalue weighted by Crippen LogP contribution is -2.60. The first-order valence-corrected chi connectivity index (χ1v) is 5.81. The molecule has 2 rings (SSSR count). The molecule has 0 bridgehead atoms. The molecule has 0 aromatic heterocycles. The van der Waals surface area contributed by atoms with Gasteiger partial charge < -0.3 is 15.4 Å². The summed E-state index contributed by atoms with van der Waals surface area (Å²) in [7, 11) is 0. The molecule has 2 aliphatic heterocycles.